The second-order valence-corrected chi connectivity index (χ2v) is 5.45. The average Bonchev–Trinajstić information content (AvgIpc) is 2.65. The molecule has 0 aromatic heterocycles. The van der Waals surface area contributed by atoms with Gasteiger partial charge in [0.05, 0.1) is 0 Å². The monoisotopic (exact) mass is 338 g/mol. The lowest BCUT2D eigenvalue weighted by atomic mass is 10.1. The predicted octanol–water partition coefficient (Wildman–Crippen LogP) is 3.58. The Morgan fingerprint density at radius 2 is 2.05 bits per heavy atom. The summed E-state index contributed by atoms with van der Waals surface area (Å²) in [5.41, 5.74) is 0.830. The first-order chi connectivity index (χ1) is 9.94. The fourth-order valence-corrected chi connectivity index (χ4v) is 2.70. The molecule has 1 unspecified atom stereocenters. The summed E-state index contributed by atoms with van der Waals surface area (Å²) in [6, 6.07) is 6.67. The van der Waals surface area contributed by atoms with Crippen LogP contribution in [0.2, 0.25) is 0 Å². The van der Waals surface area contributed by atoms with Gasteiger partial charge in [-0.2, -0.15) is 0 Å². The second-order valence-electron chi connectivity index (χ2n) is 5.45. The molecule has 22 heavy (non-hydrogen) atoms. The summed E-state index contributed by atoms with van der Waals surface area (Å²) < 4.78 is 40.7. The van der Waals surface area contributed by atoms with Crippen molar-refractivity contribution >= 4 is 12.4 Å². The average molecular weight is 339 g/mol. The fourth-order valence-electron chi connectivity index (χ4n) is 2.70. The molecule has 3 nitrogen and oxygen atoms in total. The van der Waals surface area contributed by atoms with Crippen molar-refractivity contribution in [1.29, 1.82) is 0 Å². The Kier molecular flexibility index (Phi) is 7.45. The molecule has 1 aliphatic rings. The number of benzene rings is 1. The number of nitrogens with one attached hydrogen (secondary N) is 1. The Bertz CT molecular complexity index is 449. The van der Waals surface area contributed by atoms with Gasteiger partial charge in [-0.3, -0.25) is 4.90 Å². The van der Waals surface area contributed by atoms with Gasteiger partial charge in [0.25, 0.3) is 0 Å². The Hall–Kier alpha value is -0.980. The van der Waals surface area contributed by atoms with E-state index in [4.69, 9.17) is 0 Å². The Morgan fingerprint density at radius 3 is 2.77 bits per heavy atom. The zero-order chi connectivity index (χ0) is 15.3. The van der Waals surface area contributed by atoms with Crippen LogP contribution >= 0.6 is 12.4 Å². The predicted molar refractivity (Wildman–Crippen MR) is 82.3 cm³/mol. The zero-order valence-corrected chi connectivity index (χ0v) is 13.3. The lowest BCUT2D eigenvalue weighted by Gasteiger charge is -2.27. The Balaban J connectivity index is 0.00000242. The van der Waals surface area contributed by atoms with E-state index >= 15 is 0 Å². The summed E-state index contributed by atoms with van der Waals surface area (Å²) in [7, 11) is 2.02. The van der Waals surface area contributed by atoms with E-state index in [9.17, 15) is 13.2 Å². The van der Waals surface area contributed by atoms with Crippen LogP contribution in [0, 0.1) is 0 Å². The summed E-state index contributed by atoms with van der Waals surface area (Å²) in [5, 5.41) is 3.36. The van der Waals surface area contributed by atoms with Crippen LogP contribution < -0.4 is 10.1 Å². The first kappa shape index (κ1) is 19.1. The van der Waals surface area contributed by atoms with Crippen molar-refractivity contribution in [1.82, 2.24) is 10.2 Å². The van der Waals surface area contributed by atoms with E-state index in [0.29, 0.717) is 12.6 Å². The lowest BCUT2D eigenvalue weighted by molar-refractivity contribution is -0.274. The van der Waals surface area contributed by atoms with Crippen molar-refractivity contribution in [2.75, 3.05) is 20.1 Å². The van der Waals surface area contributed by atoms with Crippen LogP contribution in [-0.4, -0.2) is 37.4 Å². The molecule has 0 aliphatic carbocycles. The summed E-state index contributed by atoms with van der Waals surface area (Å²) >= 11 is 0. The minimum atomic E-state index is -4.64. The van der Waals surface area contributed by atoms with Crippen molar-refractivity contribution in [2.45, 2.75) is 38.2 Å². The molecule has 0 amide bonds. The van der Waals surface area contributed by atoms with Gasteiger partial charge in [0, 0.05) is 12.6 Å². The number of alkyl halides is 3. The van der Waals surface area contributed by atoms with Gasteiger partial charge in [0.1, 0.15) is 5.75 Å². The Labute approximate surface area is 135 Å². The van der Waals surface area contributed by atoms with Crippen LogP contribution in [0.1, 0.15) is 24.8 Å². The van der Waals surface area contributed by atoms with Gasteiger partial charge in [-0.25, -0.2) is 0 Å². The van der Waals surface area contributed by atoms with Gasteiger partial charge in [-0.15, -0.1) is 25.6 Å². The molecule has 1 aliphatic heterocycles. The molecular weight excluding hydrogens is 317 g/mol. The molecule has 126 valence electrons. The third-order valence-electron chi connectivity index (χ3n) is 3.73. The Morgan fingerprint density at radius 1 is 1.27 bits per heavy atom. The standard InChI is InChI=1S/C15H21F3N2O.ClH/c1-20(13-5-3-8-19-9-7-13)11-12-4-2-6-14(10-12)21-15(16,17)18;/h2,4,6,10,13,19H,3,5,7-9,11H2,1H3;1H. The van der Waals surface area contributed by atoms with Crippen LogP contribution in [-0.2, 0) is 6.54 Å². The summed E-state index contributed by atoms with van der Waals surface area (Å²) in [6.45, 7) is 2.66. The van der Waals surface area contributed by atoms with Crippen molar-refractivity contribution < 1.29 is 17.9 Å². The van der Waals surface area contributed by atoms with Gasteiger partial charge < -0.3 is 10.1 Å². The van der Waals surface area contributed by atoms with Crippen molar-refractivity contribution in [2.24, 2.45) is 0 Å². The molecule has 0 radical (unpaired) electrons. The molecule has 1 fully saturated rings. The van der Waals surface area contributed by atoms with E-state index in [-0.39, 0.29) is 18.2 Å². The number of nitrogens with zero attached hydrogens (tertiary/aromatic N) is 1. The maximum Gasteiger partial charge on any atom is 0.573 e. The van der Waals surface area contributed by atoms with E-state index in [1.54, 1.807) is 6.07 Å². The van der Waals surface area contributed by atoms with Crippen LogP contribution in [0.15, 0.2) is 24.3 Å². The third kappa shape index (κ3) is 6.42. The lowest BCUT2D eigenvalue weighted by Crippen LogP contribution is -2.32. The quantitative estimate of drug-likeness (QED) is 0.908. The molecule has 1 aromatic carbocycles. The van der Waals surface area contributed by atoms with Gasteiger partial charge >= 0.3 is 6.36 Å². The maximum atomic E-state index is 12.2. The molecule has 0 spiro atoms. The van der Waals surface area contributed by atoms with Gasteiger partial charge in [-0.05, 0) is 57.1 Å². The second kappa shape index (κ2) is 8.60. The first-order valence-electron chi connectivity index (χ1n) is 7.20. The number of hydrogen-bond acceptors (Lipinski definition) is 3. The normalized spacial score (nSPS) is 19.4. The smallest absolute Gasteiger partial charge is 0.406 e. The molecule has 2 rings (SSSR count). The number of hydrogen-bond donors (Lipinski definition) is 1. The summed E-state index contributed by atoms with van der Waals surface area (Å²) in [6.07, 6.45) is -1.33. The fraction of sp³-hybridized carbons (Fsp3) is 0.600. The molecule has 1 N–H and O–H groups in total. The van der Waals surface area contributed by atoms with Crippen LogP contribution in [0.25, 0.3) is 0 Å². The van der Waals surface area contributed by atoms with Crippen LogP contribution in [0.3, 0.4) is 0 Å². The maximum absolute atomic E-state index is 12.2. The summed E-state index contributed by atoms with van der Waals surface area (Å²) in [4.78, 5) is 2.21. The molecule has 7 heteroatoms. The topological polar surface area (TPSA) is 24.5 Å². The van der Waals surface area contributed by atoms with E-state index in [1.165, 1.54) is 12.1 Å². The van der Waals surface area contributed by atoms with E-state index in [0.717, 1.165) is 37.9 Å². The number of rotatable bonds is 4. The van der Waals surface area contributed by atoms with Gasteiger partial charge in [0.2, 0.25) is 0 Å². The number of halogens is 4. The molecular formula is C15H22ClF3N2O. The van der Waals surface area contributed by atoms with E-state index in [1.807, 2.05) is 13.1 Å². The molecule has 1 heterocycles. The van der Waals surface area contributed by atoms with Crippen LogP contribution in [0.4, 0.5) is 13.2 Å². The molecule has 1 aromatic rings. The minimum absolute atomic E-state index is 0. The molecule has 0 saturated carbocycles. The highest BCUT2D eigenvalue weighted by molar-refractivity contribution is 5.85. The number of ether oxygens (including phenoxy) is 1. The van der Waals surface area contributed by atoms with Crippen molar-refractivity contribution in [3.8, 4) is 5.75 Å². The minimum Gasteiger partial charge on any atom is -0.406 e. The van der Waals surface area contributed by atoms with Crippen LogP contribution in [0.5, 0.6) is 5.75 Å². The summed E-state index contributed by atoms with van der Waals surface area (Å²) in [5.74, 6) is -0.157. The molecule has 1 saturated heterocycles. The molecule has 0 bridgehead atoms. The van der Waals surface area contributed by atoms with Crippen molar-refractivity contribution in [3.63, 3.8) is 0 Å². The largest absolute Gasteiger partial charge is 0.573 e. The highest BCUT2D eigenvalue weighted by atomic mass is 35.5. The van der Waals surface area contributed by atoms with Gasteiger partial charge in [-0.1, -0.05) is 12.1 Å². The SMILES string of the molecule is CN(Cc1cccc(OC(F)(F)F)c1)C1CCCNCC1.Cl. The van der Waals surface area contributed by atoms with E-state index in [2.05, 4.69) is 15.0 Å². The highest BCUT2D eigenvalue weighted by Gasteiger charge is 2.31. The highest BCUT2D eigenvalue weighted by Crippen LogP contribution is 2.24. The van der Waals surface area contributed by atoms with E-state index < -0.39 is 6.36 Å². The molecule has 1 atom stereocenters. The first-order valence-corrected chi connectivity index (χ1v) is 7.20. The zero-order valence-electron chi connectivity index (χ0n) is 12.5. The third-order valence-corrected chi connectivity index (χ3v) is 3.73. The van der Waals surface area contributed by atoms with Gasteiger partial charge in [0.15, 0.2) is 0 Å². The van der Waals surface area contributed by atoms with Crippen molar-refractivity contribution in [3.05, 3.63) is 29.8 Å².